The van der Waals surface area contributed by atoms with Crippen LogP contribution in [-0.4, -0.2) is 12.5 Å². The van der Waals surface area contributed by atoms with Gasteiger partial charge in [-0.3, -0.25) is 10.2 Å². The van der Waals surface area contributed by atoms with Crippen molar-refractivity contribution in [1.29, 1.82) is 0 Å². The number of carbonyl (C=O) groups excluding carboxylic acids is 1. The van der Waals surface area contributed by atoms with E-state index in [2.05, 4.69) is 79.6 Å². The van der Waals surface area contributed by atoms with Crippen LogP contribution in [0.15, 0.2) is 22.4 Å². The number of amides is 1. The minimum absolute atomic E-state index is 0.181. The average molecular weight is 575 g/mol. The molecule has 0 saturated carbocycles. The number of nitrogens with one attached hydrogen (secondary N) is 1. The molecule has 18 heavy (non-hydrogen) atoms. The Morgan fingerprint density at radius 1 is 1.00 bits per heavy atom. The summed E-state index contributed by atoms with van der Waals surface area (Å²) in [6.45, 7) is 0.223. The third-order valence-electron chi connectivity index (χ3n) is 1.91. The maximum Gasteiger partial charge on any atom is 0.237 e. The van der Waals surface area contributed by atoms with Crippen LogP contribution in [0.25, 0.3) is 0 Å². The monoisotopic (exact) mass is 570 g/mol. The molecule has 4 nitrogen and oxygen atoms in total. The van der Waals surface area contributed by atoms with Gasteiger partial charge in [0.15, 0.2) is 0 Å². The van der Waals surface area contributed by atoms with Gasteiger partial charge in [-0.25, -0.2) is 5.84 Å². The van der Waals surface area contributed by atoms with Crippen LogP contribution in [0.2, 0.25) is 0 Å². The highest BCUT2D eigenvalue weighted by Crippen LogP contribution is 2.48. The zero-order chi connectivity index (χ0) is 13.9. The van der Waals surface area contributed by atoms with Gasteiger partial charge in [-0.15, -0.1) is 0 Å². The van der Waals surface area contributed by atoms with Gasteiger partial charge in [-0.05, 0) is 79.6 Å². The molecule has 1 aromatic rings. The smallest absolute Gasteiger partial charge is 0.237 e. The van der Waals surface area contributed by atoms with Crippen molar-refractivity contribution in [3.8, 4) is 5.75 Å². The van der Waals surface area contributed by atoms with Gasteiger partial charge in [0.05, 0.1) is 30.9 Å². The molecule has 9 heteroatoms. The normalized spacial score (nSPS) is 10.3. The minimum Gasteiger partial charge on any atom is -0.491 e. The predicted molar refractivity (Wildman–Crippen MR) is 87.4 cm³/mol. The van der Waals surface area contributed by atoms with Crippen molar-refractivity contribution < 1.29 is 9.53 Å². The van der Waals surface area contributed by atoms with E-state index in [1.807, 2.05) is 5.43 Å². The Morgan fingerprint density at radius 2 is 1.44 bits per heavy atom. The molecular weight excluding hydrogens is 568 g/mol. The van der Waals surface area contributed by atoms with Gasteiger partial charge < -0.3 is 4.74 Å². The maximum atomic E-state index is 11.0. The number of hydrazine groups is 1. The van der Waals surface area contributed by atoms with Crippen LogP contribution < -0.4 is 16.0 Å². The van der Waals surface area contributed by atoms with Gasteiger partial charge in [0.25, 0.3) is 0 Å². The van der Waals surface area contributed by atoms with Gasteiger partial charge in [-0.2, -0.15) is 0 Å². The largest absolute Gasteiger partial charge is 0.491 e. The summed E-state index contributed by atoms with van der Waals surface area (Å²) in [4.78, 5) is 11.0. The van der Waals surface area contributed by atoms with Gasteiger partial charge in [-0.1, -0.05) is 0 Å². The van der Waals surface area contributed by atoms with Crippen LogP contribution in [-0.2, 0) is 4.79 Å². The number of carbonyl (C=O) groups is 1. The predicted octanol–water partition coefficient (Wildman–Crippen LogP) is 4.26. The van der Waals surface area contributed by atoms with E-state index in [0.717, 1.165) is 22.4 Å². The molecule has 0 unspecified atom stereocenters. The minimum atomic E-state index is -0.280. The summed E-state index contributed by atoms with van der Waals surface area (Å²) in [5.41, 5.74) is 2.04. The van der Waals surface area contributed by atoms with Crippen LogP contribution in [0.3, 0.4) is 0 Å². The van der Waals surface area contributed by atoms with E-state index in [1.54, 1.807) is 0 Å². The van der Waals surface area contributed by atoms with E-state index in [4.69, 9.17) is 10.6 Å². The number of halogens is 5. The molecule has 1 aromatic carbocycles. The number of nitrogens with two attached hydrogens (primary N) is 1. The summed E-state index contributed by atoms with van der Waals surface area (Å²) in [7, 11) is 0. The standard InChI is InChI=1S/C9H7Br5N2O2/c10-4-5(11)7(13)9(8(14)6(4)12)18-2-1-3(17)16-15/h1-2,15H2,(H,16,17). The Labute approximate surface area is 146 Å². The third kappa shape index (κ3) is 3.92. The molecule has 0 aromatic heterocycles. The second-order valence-electron chi connectivity index (χ2n) is 3.07. The topological polar surface area (TPSA) is 64.3 Å². The van der Waals surface area contributed by atoms with Crippen molar-refractivity contribution in [1.82, 2.24) is 5.43 Å². The molecule has 0 bridgehead atoms. The van der Waals surface area contributed by atoms with Crippen LogP contribution >= 0.6 is 79.6 Å². The third-order valence-corrected chi connectivity index (χ3v) is 7.93. The second kappa shape index (κ2) is 7.58. The van der Waals surface area contributed by atoms with E-state index >= 15 is 0 Å². The maximum absolute atomic E-state index is 11.0. The number of hydrogen-bond donors (Lipinski definition) is 2. The van der Waals surface area contributed by atoms with Gasteiger partial charge in [0.1, 0.15) is 5.75 Å². The molecule has 0 saturated heterocycles. The zero-order valence-electron chi connectivity index (χ0n) is 8.70. The molecule has 100 valence electrons. The van der Waals surface area contributed by atoms with E-state index in [-0.39, 0.29) is 18.9 Å². The Bertz CT molecular complexity index is 452. The quantitative estimate of drug-likeness (QED) is 0.186. The van der Waals surface area contributed by atoms with Crippen molar-refractivity contribution >= 4 is 85.6 Å². The lowest BCUT2D eigenvalue weighted by atomic mass is 10.3. The first-order chi connectivity index (χ1) is 8.40. The van der Waals surface area contributed by atoms with Gasteiger partial charge >= 0.3 is 0 Å². The first-order valence-corrected chi connectivity index (χ1v) is 8.50. The van der Waals surface area contributed by atoms with E-state index in [0.29, 0.717) is 5.75 Å². The second-order valence-corrected chi connectivity index (χ2v) is 7.03. The highest BCUT2D eigenvalue weighted by Gasteiger charge is 2.18. The average Bonchev–Trinajstić information content (AvgIpc) is 2.37. The molecule has 0 atom stereocenters. The Morgan fingerprint density at radius 3 is 1.89 bits per heavy atom. The van der Waals surface area contributed by atoms with Crippen LogP contribution in [0.1, 0.15) is 6.42 Å². The Hall–Kier alpha value is 0.850. The molecule has 0 heterocycles. The zero-order valence-corrected chi connectivity index (χ0v) is 16.6. The molecule has 0 aliphatic rings. The fourth-order valence-corrected chi connectivity index (χ4v) is 4.27. The van der Waals surface area contributed by atoms with Crippen LogP contribution in [0, 0.1) is 0 Å². The molecule has 1 amide bonds. The number of ether oxygens (including phenoxy) is 1. The van der Waals surface area contributed by atoms with E-state index < -0.39 is 0 Å². The lowest BCUT2D eigenvalue weighted by Crippen LogP contribution is -2.31. The van der Waals surface area contributed by atoms with Crippen molar-refractivity contribution in [3.05, 3.63) is 22.4 Å². The fraction of sp³-hybridized carbons (Fsp3) is 0.222. The molecule has 0 spiro atoms. The first kappa shape index (κ1) is 16.9. The summed E-state index contributed by atoms with van der Waals surface area (Å²) < 4.78 is 9.55. The molecule has 0 aliphatic carbocycles. The molecule has 1 rings (SSSR count). The van der Waals surface area contributed by atoms with E-state index in [1.165, 1.54) is 0 Å². The van der Waals surface area contributed by atoms with Crippen molar-refractivity contribution in [2.24, 2.45) is 5.84 Å². The summed E-state index contributed by atoms with van der Waals surface area (Å²) in [5, 5.41) is 0. The summed E-state index contributed by atoms with van der Waals surface area (Å²) in [6, 6.07) is 0. The van der Waals surface area contributed by atoms with Gasteiger partial charge in [0.2, 0.25) is 5.91 Å². The highest BCUT2D eigenvalue weighted by atomic mass is 79.9. The highest BCUT2D eigenvalue weighted by molar-refractivity contribution is 9.15. The van der Waals surface area contributed by atoms with Crippen molar-refractivity contribution in [2.75, 3.05) is 6.61 Å². The van der Waals surface area contributed by atoms with Crippen molar-refractivity contribution in [3.63, 3.8) is 0 Å². The summed E-state index contributed by atoms with van der Waals surface area (Å²) in [5.74, 6) is 5.30. The molecule has 0 radical (unpaired) electrons. The molecule has 0 aliphatic heterocycles. The van der Waals surface area contributed by atoms with E-state index in [9.17, 15) is 4.79 Å². The SMILES string of the molecule is NNC(=O)CCOc1c(Br)c(Br)c(Br)c(Br)c1Br. The van der Waals surface area contributed by atoms with Crippen LogP contribution in [0.5, 0.6) is 5.75 Å². The Kier molecular flexibility index (Phi) is 7.12. The lowest BCUT2D eigenvalue weighted by Gasteiger charge is -2.14. The molecular formula is C9H7Br5N2O2. The number of benzene rings is 1. The van der Waals surface area contributed by atoms with Crippen LogP contribution in [0.4, 0.5) is 0 Å². The summed E-state index contributed by atoms with van der Waals surface area (Å²) in [6.07, 6.45) is 0.181. The Balaban J connectivity index is 2.93. The summed E-state index contributed by atoms with van der Waals surface area (Å²) >= 11 is 17.1. The lowest BCUT2D eigenvalue weighted by molar-refractivity contribution is -0.121. The molecule has 0 fully saturated rings. The fourth-order valence-electron chi connectivity index (χ4n) is 1.03. The van der Waals surface area contributed by atoms with Crippen molar-refractivity contribution in [2.45, 2.75) is 6.42 Å². The number of rotatable bonds is 4. The molecule has 3 N–H and O–H groups in total. The first-order valence-electron chi connectivity index (χ1n) is 4.53. The van der Waals surface area contributed by atoms with Gasteiger partial charge in [0, 0.05) is 4.47 Å². The number of hydrogen-bond acceptors (Lipinski definition) is 3.